The molecule has 2 heterocycles. The fourth-order valence-corrected chi connectivity index (χ4v) is 3.13. The number of carbonyl (C=O) groups is 2. The smallest absolute Gasteiger partial charge is 0.232 e. The number of nitrogens with zero attached hydrogens (tertiary/aromatic N) is 1. The first-order valence-electron chi connectivity index (χ1n) is 7.07. The van der Waals surface area contributed by atoms with Gasteiger partial charge in [-0.1, -0.05) is 18.2 Å². The number of piperidine rings is 1. The van der Waals surface area contributed by atoms with E-state index in [-0.39, 0.29) is 23.7 Å². The SMILES string of the molecule is NC(=O)C1CCCN(C(=O)C2CNc3ccccc32)C1. The molecule has 0 aliphatic carbocycles. The zero-order chi connectivity index (χ0) is 14.1. The zero-order valence-corrected chi connectivity index (χ0v) is 11.3. The molecule has 1 aromatic rings. The number of carbonyl (C=O) groups excluding carboxylic acids is 2. The minimum atomic E-state index is -0.299. The van der Waals surface area contributed by atoms with Gasteiger partial charge in [-0.25, -0.2) is 0 Å². The maximum atomic E-state index is 12.7. The monoisotopic (exact) mass is 273 g/mol. The third-order valence-electron chi connectivity index (χ3n) is 4.27. The van der Waals surface area contributed by atoms with E-state index in [1.807, 2.05) is 24.3 Å². The molecule has 0 saturated carbocycles. The molecule has 0 radical (unpaired) electrons. The van der Waals surface area contributed by atoms with Crippen molar-refractivity contribution in [3.05, 3.63) is 29.8 Å². The minimum absolute atomic E-state index is 0.105. The molecule has 0 aromatic heterocycles. The van der Waals surface area contributed by atoms with E-state index in [1.165, 1.54) is 0 Å². The Bertz CT molecular complexity index is 544. The van der Waals surface area contributed by atoms with Crippen molar-refractivity contribution in [2.75, 3.05) is 25.0 Å². The first-order valence-corrected chi connectivity index (χ1v) is 7.07. The lowest BCUT2D eigenvalue weighted by Gasteiger charge is -2.33. The minimum Gasteiger partial charge on any atom is -0.384 e. The average molecular weight is 273 g/mol. The molecule has 106 valence electrons. The molecule has 2 aliphatic rings. The van der Waals surface area contributed by atoms with Gasteiger partial charge in [0.15, 0.2) is 0 Å². The number of primary amides is 1. The highest BCUT2D eigenvalue weighted by molar-refractivity contribution is 5.89. The molecular formula is C15H19N3O2. The summed E-state index contributed by atoms with van der Waals surface area (Å²) in [6.45, 7) is 1.82. The molecule has 1 aromatic carbocycles. The number of hydrogen-bond acceptors (Lipinski definition) is 3. The van der Waals surface area contributed by atoms with Gasteiger partial charge >= 0.3 is 0 Å². The second-order valence-electron chi connectivity index (χ2n) is 5.55. The number of anilines is 1. The van der Waals surface area contributed by atoms with Crippen LogP contribution in [0.25, 0.3) is 0 Å². The number of benzene rings is 1. The Morgan fingerprint density at radius 2 is 2.10 bits per heavy atom. The van der Waals surface area contributed by atoms with E-state index in [1.54, 1.807) is 4.90 Å². The Labute approximate surface area is 118 Å². The second-order valence-corrected chi connectivity index (χ2v) is 5.55. The third-order valence-corrected chi connectivity index (χ3v) is 4.27. The van der Waals surface area contributed by atoms with Gasteiger partial charge in [0, 0.05) is 25.3 Å². The van der Waals surface area contributed by atoms with Gasteiger partial charge in [0.25, 0.3) is 0 Å². The summed E-state index contributed by atoms with van der Waals surface area (Å²) in [6.07, 6.45) is 1.64. The fourth-order valence-electron chi connectivity index (χ4n) is 3.13. The van der Waals surface area contributed by atoms with E-state index < -0.39 is 0 Å². The van der Waals surface area contributed by atoms with Crippen LogP contribution in [0.1, 0.15) is 24.3 Å². The van der Waals surface area contributed by atoms with Gasteiger partial charge in [0.2, 0.25) is 11.8 Å². The van der Waals surface area contributed by atoms with E-state index in [4.69, 9.17) is 5.73 Å². The Morgan fingerprint density at radius 1 is 1.30 bits per heavy atom. The van der Waals surface area contributed by atoms with Crippen LogP contribution >= 0.6 is 0 Å². The first-order chi connectivity index (χ1) is 9.66. The van der Waals surface area contributed by atoms with Gasteiger partial charge in [-0.2, -0.15) is 0 Å². The van der Waals surface area contributed by atoms with Gasteiger partial charge in [-0.05, 0) is 24.5 Å². The highest BCUT2D eigenvalue weighted by atomic mass is 16.2. The van der Waals surface area contributed by atoms with Crippen LogP contribution in [0.3, 0.4) is 0 Å². The van der Waals surface area contributed by atoms with Crippen LogP contribution in [0.4, 0.5) is 5.69 Å². The van der Waals surface area contributed by atoms with Crippen molar-refractivity contribution >= 4 is 17.5 Å². The molecule has 3 rings (SSSR count). The van der Waals surface area contributed by atoms with Crippen molar-refractivity contribution < 1.29 is 9.59 Å². The van der Waals surface area contributed by atoms with Crippen molar-refractivity contribution in [2.45, 2.75) is 18.8 Å². The molecule has 20 heavy (non-hydrogen) atoms. The van der Waals surface area contributed by atoms with Crippen LogP contribution in [-0.2, 0) is 9.59 Å². The Balaban J connectivity index is 1.75. The average Bonchev–Trinajstić information content (AvgIpc) is 2.90. The largest absolute Gasteiger partial charge is 0.384 e. The van der Waals surface area contributed by atoms with E-state index in [2.05, 4.69) is 5.32 Å². The number of amides is 2. The first kappa shape index (κ1) is 13.0. The Morgan fingerprint density at radius 3 is 2.90 bits per heavy atom. The molecule has 0 bridgehead atoms. The van der Waals surface area contributed by atoms with Crippen LogP contribution in [0.5, 0.6) is 0 Å². The topological polar surface area (TPSA) is 75.4 Å². The summed E-state index contributed by atoms with van der Waals surface area (Å²) in [4.78, 5) is 25.8. The second kappa shape index (κ2) is 5.15. The van der Waals surface area contributed by atoms with Gasteiger partial charge in [0.1, 0.15) is 0 Å². The molecule has 1 saturated heterocycles. The number of para-hydroxylation sites is 1. The quantitative estimate of drug-likeness (QED) is 0.841. The molecule has 2 amide bonds. The number of fused-ring (bicyclic) bond motifs is 1. The summed E-state index contributed by atoms with van der Waals surface area (Å²) < 4.78 is 0. The molecular weight excluding hydrogens is 254 g/mol. The lowest BCUT2D eigenvalue weighted by molar-refractivity contribution is -0.136. The number of hydrogen-bond donors (Lipinski definition) is 2. The molecule has 1 fully saturated rings. The van der Waals surface area contributed by atoms with Gasteiger partial charge in [-0.3, -0.25) is 9.59 Å². The normalized spacial score (nSPS) is 24.9. The highest BCUT2D eigenvalue weighted by Crippen LogP contribution is 2.33. The molecule has 2 unspecified atom stereocenters. The summed E-state index contributed by atoms with van der Waals surface area (Å²) in [5, 5.41) is 3.27. The fraction of sp³-hybridized carbons (Fsp3) is 0.467. The lowest BCUT2D eigenvalue weighted by Crippen LogP contribution is -2.46. The van der Waals surface area contributed by atoms with Crippen LogP contribution in [-0.4, -0.2) is 36.3 Å². The van der Waals surface area contributed by atoms with Crippen LogP contribution in [0.15, 0.2) is 24.3 Å². The Kier molecular flexibility index (Phi) is 3.34. The van der Waals surface area contributed by atoms with Crippen molar-refractivity contribution in [3.8, 4) is 0 Å². The van der Waals surface area contributed by atoms with E-state index in [0.29, 0.717) is 13.1 Å². The van der Waals surface area contributed by atoms with Gasteiger partial charge in [-0.15, -0.1) is 0 Å². The molecule has 3 N–H and O–H groups in total. The molecule has 5 heteroatoms. The van der Waals surface area contributed by atoms with Gasteiger partial charge in [0.05, 0.1) is 11.8 Å². The van der Waals surface area contributed by atoms with E-state index >= 15 is 0 Å². The summed E-state index contributed by atoms with van der Waals surface area (Å²) in [5.74, 6) is -0.532. The van der Waals surface area contributed by atoms with Crippen molar-refractivity contribution in [1.82, 2.24) is 4.90 Å². The van der Waals surface area contributed by atoms with Crippen LogP contribution in [0, 0.1) is 5.92 Å². The highest BCUT2D eigenvalue weighted by Gasteiger charge is 2.34. The van der Waals surface area contributed by atoms with E-state index in [9.17, 15) is 9.59 Å². The number of likely N-dealkylation sites (tertiary alicyclic amines) is 1. The Hall–Kier alpha value is -2.04. The number of nitrogens with two attached hydrogens (primary N) is 1. The molecule has 2 atom stereocenters. The third kappa shape index (κ3) is 2.24. The maximum Gasteiger partial charge on any atom is 0.232 e. The van der Waals surface area contributed by atoms with Crippen LogP contribution in [0.2, 0.25) is 0 Å². The maximum absolute atomic E-state index is 12.7. The zero-order valence-electron chi connectivity index (χ0n) is 11.3. The standard InChI is InChI=1S/C15H19N3O2/c16-14(19)10-4-3-7-18(9-10)15(20)12-8-17-13-6-2-1-5-11(12)13/h1-2,5-6,10,12,17H,3-4,7-9H2,(H2,16,19). The number of nitrogens with one attached hydrogen (secondary N) is 1. The summed E-state index contributed by atoms with van der Waals surface area (Å²) in [5.41, 5.74) is 7.46. The van der Waals surface area contributed by atoms with E-state index in [0.717, 1.165) is 30.6 Å². The number of rotatable bonds is 2. The molecule has 2 aliphatic heterocycles. The summed E-state index contributed by atoms with van der Waals surface area (Å²) in [6, 6.07) is 7.90. The summed E-state index contributed by atoms with van der Waals surface area (Å²) >= 11 is 0. The summed E-state index contributed by atoms with van der Waals surface area (Å²) in [7, 11) is 0. The predicted molar refractivity (Wildman–Crippen MR) is 76.2 cm³/mol. The predicted octanol–water partition coefficient (Wildman–Crippen LogP) is 0.920. The molecule has 0 spiro atoms. The lowest BCUT2D eigenvalue weighted by atomic mass is 9.94. The van der Waals surface area contributed by atoms with Crippen molar-refractivity contribution in [2.24, 2.45) is 11.7 Å². The van der Waals surface area contributed by atoms with Crippen molar-refractivity contribution in [3.63, 3.8) is 0 Å². The van der Waals surface area contributed by atoms with Crippen LogP contribution < -0.4 is 11.1 Å². The van der Waals surface area contributed by atoms with Crippen molar-refractivity contribution in [1.29, 1.82) is 0 Å². The van der Waals surface area contributed by atoms with Gasteiger partial charge < -0.3 is 16.0 Å². The molecule has 5 nitrogen and oxygen atoms in total.